The van der Waals surface area contributed by atoms with Crippen LogP contribution in [0.4, 0.5) is 0 Å². The van der Waals surface area contributed by atoms with Gasteiger partial charge >= 0.3 is 11.9 Å². The van der Waals surface area contributed by atoms with Crippen LogP contribution in [0.25, 0.3) is 22.0 Å². The lowest BCUT2D eigenvalue weighted by Crippen LogP contribution is -2.11. The third kappa shape index (κ3) is 5.41. The number of methoxy groups -OCH3 is 2. The van der Waals surface area contributed by atoms with Crippen molar-refractivity contribution in [2.24, 2.45) is 21.1 Å². The van der Waals surface area contributed by atoms with Gasteiger partial charge in [-0.1, -0.05) is 17.7 Å². The molecular weight excluding hydrogens is 545 g/mol. The summed E-state index contributed by atoms with van der Waals surface area (Å²) in [6.45, 7) is 2.45. The molecule has 4 rings (SSSR count). The number of ether oxygens (including phenoxy) is 3. The number of carbonyl (C=O) groups excluding carboxylic acids is 2. The van der Waals surface area contributed by atoms with Crippen LogP contribution in [-0.2, 0) is 65.7 Å². The maximum absolute atomic E-state index is 12.9. The van der Waals surface area contributed by atoms with Gasteiger partial charge in [0.05, 0.1) is 60.9 Å². The number of esters is 2. The zero-order chi connectivity index (χ0) is 28.4. The SMILES string of the molecule is COC(=O)CCc1c(C(=O)OC)n(C)c2c(-c3c(COCc4cc(CCl)n(C)n4)nn(C)c3C)c(Cl)ccc12. The Labute approximate surface area is 236 Å². The van der Waals surface area contributed by atoms with Gasteiger partial charge in [-0.3, -0.25) is 14.2 Å². The molecule has 0 atom stereocenters. The molecule has 0 saturated carbocycles. The first kappa shape index (κ1) is 28.7. The summed E-state index contributed by atoms with van der Waals surface area (Å²) in [5.41, 5.74) is 6.54. The molecule has 0 fully saturated rings. The lowest BCUT2D eigenvalue weighted by Gasteiger charge is -2.12. The van der Waals surface area contributed by atoms with Crippen LogP contribution >= 0.6 is 23.2 Å². The number of halogens is 2. The first-order valence-corrected chi connectivity index (χ1v) is 13.2. The zero-order valence-electron chi connectivity index (χ0n) is 22.8. The van der Waals surface area contributed by atoms with Crippen molar-refractivity contribution >= 4 is 46.0 Å². The van der Waals surface area contributed by atoms with Crippen molar-refractivity contribution in [1.29, 1.82) is 0 Å². The number of rotatable bonds is 10. The topological polar surface area (TPSA) is 102 Å². The van der Waals surface area contributed by atoms with Crippen LogP contribution in [-0.4, -0.2) is 50.3 Å². The van der Waals surface area contributed by atoms with E-state index in [4.69, 9.17) is 42.5 Å². The Balaban J connectivity index is 1.81. The average Bonchev–Trinajstić information content (AvgIpc) is 3.52. The lowest BCUT2D eigenvalue weighted by atomic mass is 9.98. The first-order chi connectivity index (χ1) is 18.6. The number of aromatic nitrogens is 5. The Morgan fingerprint density at radius 3 is 2.38 bits per heavy atom. The highest BCUT2D eigenvalue weighted by Crippen LogP contribution is 2.42. The van der Waals surface area contributed by atoms with Gasteiger partial charge in [-0.25, -0.2) is 4.79 Å². The van der Waals surface area contributed by atoms with E-state index in [1.807, 2.05) is 33.2 Å². The van der Waals surface area contributed by atoms with Crippen LogP contribution in [0, 0.1) is 6.92 Å². The van der Waals surface area contributed by atoms with Gasteiger partial charge in [0.2, 0.25) is 0 Å². The lowest BCUT2D eigenvalue weighted by molar-refractivity contribution is -0.140. The summed E-state index contributed by atoms with van der Waals surface area (Å²) in [5.74, 6) is -0.513. The maximum Gasteiger partial charge on any atom is 0.354 e. The van der Waals surface area contributed by atoms with Gasteiger partial charge in [0.1, 0.15) is 5.69 Å². The molecule has 3 aromatic heterocycles. The van der Waals surface area contributed by atoms with E-state index in [-0.39, 0.29) is 25.6 Å². The van der Waals surface area contributed by atoms with Crippen molar-refractivity contribution < 1.29 is 23.8 Å². The molecule has 4 aromatic rings. The molecule has 12 heteroatoms. The molecule has 0 aliphatic carbocycles. The second kappa shape index (κ2) is 11.8. The standard InChI is InChI=1S/C27H31Cl2N5O5/c1-15-23(21(31-33(15)3)14-39-13-16-11-17(12-28)34(4)30-16)24-20(29)9-7-18-19(8-10-22(35)37-5)26(27(36)38-6)32(2)25(18)24/h7,9,11H,8,10,12-14H2,1-6H3. The van der Waals surface area contributed by atoms with Gasteiger partial charge in [-0.15, -0.1) is 11.6 Å². The van der Waals surface area contributed by atoms with E-state index in [1.54, 1.807) is 27.0 Å². The van der Waals surface area contributed by atoms with Crippen molar-refractivity contribution in [2.75, 3.05) is 14.2 Å². The number of fused-ring (bicyclic) bond motifs is 1. The molecule has 1 aromatic carbocycles. The van der Waals surface area contributed by atoms with Gasteiger partial charge in [0.25, 0.3) is 0 Å². The molecule has 39 heavy (non-hydrogen) atoms. The van der Waals surface area contributed by atoms with E-state index < -0.39 is 5.97 Å². The van der Waals surface area contributed by atoms with Crippen LogP contribution in [0.2, 0.25) is 5.02 Å². The van der Waals surface area contributed by atoms with E-state index in [1.165, 1.54) is 14.2 Å². The second-order valence-electron chi connectivity index (χ2n) is 9.18. The molecular formula is C27H31Cl2N5O5. The highest BCUT2D eigenvalue weighted by molar-refractivity contribution is 6.35. The monoisotopic (exact) mass is 575 g/mol. The third-order valence-corrected chi connectivity index (χ3v) is 7.49. The van der Waals surface area contributed by atoms with Gasteiger partial charge in [0.15, 0.2) is 0 Å². The molecule has 0 N–H and O–H groups in total. The molecule has 0 radical (unpaired) electrons. The van der Waals surface area contributed by atoms with Crippen LogP contribution < -0.4 is 0 Å². The molecule has 0 amide bonds. The molecule has 0 bridgehead atoms. The number of aryl methyl sites for hydroxylation is 4. The zero-order valence-corrected chi connectivity index (χ0v) is 24.3. The number of hydrogen-bond donors (Lipinski definition) is 0. The highest BCUT2D eigenvalue weighted by Gasteiger charge is 2.28. The third-order valence-electron chi connectivity index (χ3n) is 6.90. The average molecular weight is 576 g/mol. The minimum atomic E-state index is -0.506. The van der Waals surface area contributed by atoms with Gasteiger partial charge in [0, 0.05) is 49.8 Å². The first-order valence-electron chi connectivity index (χ1n) is 12.3. The minimum Gasteiger partial charge on any atom is -0.469 e. The van der Waals surface area contributed by atoms with Gasteiger partial charge in [-0.2, -0.15) is 10.2 Å². The van der Waals surface area contributed by atoms with E-state index in [0.717, 1.165) is 39.1 Å². The number of carbonyl (C=O) groups is 2. The highest BCUT2D eigenvalue weighted by atomic mass is 35.5. The quantitative estimate of drug-likeness (QED) is 0.201. The van der Waals surface area contributed by atoms with Crippen molar-refractivity contribution in [2.45, 2.75) is 38.9 Å². The van der Waals surface area contributed by atoms with Crippen molar-refractivity contribution in [3.05, 3.63) is 57.3 Å². The fourth-order valence-corrected chi connectivity index (χ4v) is 5.40. The summed E-state index contributed by atoms with van der Waals surface area (Å²) in [6.07, 6.45) is 0.410. The molecule has 0 aliphatic rings. The number of hydrogen-bond acceptors (Lipinski definition) is 7. The molecule has 3 heterocycles. The van der Waals surface area contributed by atoms with Gasteiger partial charge < -0.3 is 18.8 Å². The summed E-state index contributed by atoms with van der Waals surface area (Å²) in [6, 6.07) is 5.56. The molecule has 0 aliphatic heterocycles. The summed E-state index contributed by atoms with van der Waals surface area (Å²) in [7, 11) is 8.15. The Kier molecular flexibility index (Phi) is 8.68. The molecule has 208 valence electrons. The Morgan fingerprint density at radius 1 is 1.00 bits per heavy atom. The van der Waals surface area contributed by atoms with Crippen molar-refractivity contribution in [1.82, 2.24) is 24.1 Å². The number of nitrogens with zero attached hydrogens (tertiary/aromatic N) is 5. The van der Waals surface area contributed by atoms with Crippen LogP contribution in [0.15, 0.2) is 18.2 Å². The Morgan fingerprint density at radius 2 is 1.74 bits per heavy atom. The number of alkyl halides is 1. The summed E-state index contributed by atoms with van der Waals surface area (Å²) >= 11 is 12.8. The normalized spacial score (nSPS) is 11.4. The second-order valence-corrected chi connectivity index (χ2v) is 9.85. The minimum absolute atomic E-state index is 0.113. The summed E-state index contributed by atoms with van der Waals surface area (Å²) in [4.78, 5) is 24.8. The molecule has 0 saturated heterocycles. The fourth-order valence-electron chi connectivity index (χ4n) is 4.90. The molecule has 10 nitrogen and oxygen atoms in total. The van der Waals surface area contributed by atoms with Gasteiger partial charge in [-0.05, 0) is 31.0 Å². The van der Waals surface area contributed by atoms with Crippen LogP contribution in [0.1, 0.15) is 45.2 Å². The summed E-state index contributed by atoms with van der Waals surface area (Å²) in [5, 5.41) is 10.4. The van der Waals surface area contributed by atoms with E-state index in [0.29, 0.717) is 34.3 Å². The smallest absolute Gasteiger partial charge is 0.354 e. The van der Waals surface area contributed by atoms with Crippen molar-refractivity contribution in [3.8, 4) is 11.1 Å². The van der Waals surface area contributed by atoms with E-state index >= 15 is 0 Å². The Hall–Kier alpha value is -3.34. The Bertz CT molecular complexity index is 1550. The van der Waals surface area contributed by atoms with E-state index in [9.17, 15) is 9.59 Å². The van der Waals surface area contributed by atoms with E-state index in [2.05, 4.69) is 5.10 Å². The number of benzene rings is 1. The predicted octanol–water partition coefficient (Wildman–Crippen LogP) is 4.62. The largest absolute Gasteiger partial charge is 0.469 e. The predicted molar refractivity (Wildman–Crippen MR) is 148 cm³/mol. The summed E-state index contributed by atoms with van der Waals surface area (Å²) < 4.78 is 21.2. The van der Waals surface area contributed by atoms with Crippen LogP contribution in [0.5, 0.6) is 0 Å². The maximum atomic E-state index is 12.9. The molecule has 0 unspecified atom stereocenters. The van der Waals surface area contributed by atoms with Crippen LogP contribution in [0.3, 0.4) is 0 Å². The fraction of sp³-hybridized carbons (Fsp3) is 0.407. The molecule has 0 spiro atoms. The van der Waals surface area contributed by atoms with Crippen molar-refractivity contribution in [3.63, 3.8) is 0 Å².